The third-order valence-electron chi connectivity index (χ3n) is 5.63. The maximum atomic E-state index is 13.0. The van der Waals surface area contributed by atoms with Crippen molar-refractivity contribution in [1.82, 2.24) is 20.9 Å². The predicted molar refractivity (Wildman–Crippen MR) is 130 cm³/mol. The van der Waals surface area contributed by atoms with Crippen molar-refractivity contribution in [3.63, 3.8) is 0 Å². The molecule has 2 aromatic rings. The van der Waals surface area contributed by atoms with Crippen LogP contribution in [-0.4, -0.2) is 84.3 Å². The second kappa shape index (κ2) is 12.2. The summed E-state index contributed by atoms with van der Waals surface area (Å²) in [7, 11) is 1.36. The summed E-state index contributed by atoms with van der Waals surface area (Å²) in [6.45, 7) is 2.76. The summed E-state index contributed by atoms with van der Waals surface area (Å²) >= 11 is 1.17. The molecule has 0 saturated carbocycles. The van der Waals surface area contributed by atoms with E-state index in [4.69, 9.17) is 9.47 Å². The van der Waals surface area contributed by atoms with Crippen molar-refractivity contribution in [3.8, 4) is 0 Å². The monoisotopic (exact) mass is 518 g/mol. The van der Waals surface area contributed by atoms with Crippen LogP contribution in [0, 0.1) is 6.92 Å². The van der Waals surface area contributed by atoms with E-state index in [0.717, 1.165) is 5.56 Å². The number of carbonyl (C=O) groups is 4. The van der Waals surface area contributed by atoms with Crippen molar-refractivity contribution in [2.24, 2.45) is 0 Å². The number of methoxy groups -OCH3 is 1. The van der Waals surface area contributed by atoms with Gasteiger partial charge in [0.15, 0.2) is 5.78 Å². The quantitative estimate of drug-likeness (QED) is 0.264. The molecule has 12 heteroatoms. The third kappa shape index (κ3) is 7.17. The summed E-state index contributed by atoms with van der Waals surface area (Å²) in [6, 6.07) is 5.72. The highest BCUT2D eigenvalue weighted by Crippen LogP contribution is 2.29. The van der Waals surface area contributed by atoms with Gasteiger partial charge in [-0.3, -0.25) is 19.2 Å². The number of aromatic nitrogens is 1. The lowest BCUT2D eigenvalue weighted by Gasteiger charge is -2.24. The Morgan fingerprint density at radius 1 is 1.11 bits per heavy atom. The number of aliphatic hydroxyl groups is 1. The van der Waals surface area contributed by atoms with E-state index in [1.807, 2.05) is 30.3 Å². The van der Waals surface area contributed by atoms with E-state index in [0.29, 0.717) is 9.88 Å². The Morgan fingerprint density at radius 2 is 1.75 bits per heavy atom. The smallest absolute Gasteiger partial charge is 0.263 e. The zero-order valence-corrected chi connectivity index (χ0v) is 21.1. The first kappa shape index (κ1) is 27.4. The Hall–Kier alpha value is -3.19. The Kier molecular flexibility index (Phi) is 9.26. The number of benzene rings is 1. The SMILES string of the molecule is COC[C@H](NC(=O)c1cnc(C)s1)C(=O)N[C@@H](CO)C(=O)N[C@@H](Cc1ccccc1)C(=O)[C@@]1(C)CO1. The van der Waals surface area contributed by atoms with Gasteiger partial charge in [0.25, 0.3) is 5.91 Å². The fourth-order valence-corrected chi connectivity index (χ4v) is 4.14. The molecule has 1 aromatic heterocycles. The first-order valence-corrected chi connectivity index (χ1v) is 12.1. The summed E-state index contributed by atoms with van der Waals surface area (Å²) in [4.78, 5) is 55.7. The molecule has 194 valence electrons. The van der Waals surface area contributed by atoms with Gasteiger partial charge < -0.3 is 30.5 Å². The zero-order valence-electron chi connectivity index (χ0n) is 20.3. The van der Waals surface area contributed by atoms with Gasteiger partial charge in [0.05, 0.1) is 37.1 Å². The number of aliphatic hydroxyl groups excluding tert-OH is 1. The van der Waals surface area contributed by atoms with Gasteiger partial charge in [-0.05, 0) is 25.8 Å². The lowest BCUT2D eigenvalue weighted by molar-refractivity contribution is -0.134. The molecule has 1 aliphatic heterocycles. The molecule has 1 aromatic carbocycles. The minimum Gasteiger partial charge on any atom is -0.394 e. The number of amides is 3. The van der Waals surface area contributed by atoms with E-state index in [1.165, 1.54) is 24.6 Å². The molecule has 1 fully saturated rings. The number of hydrogen-bond acceptors (Lipinski definition) is 9. The molecule has 2 heterocycles. The summed E-state index contributed by atoms with van der Waals surface area (Å²) < 4.78 is 10.3. The molecule has 36 heavy (non-hydrogen) atoms. The van der Waals surface area contributed by atoms with Crippen LogP contribution in [0.5, 0.6) is 0 Å². The maximum absolute atomic E-state index is 13.0. The van der Waals surface area contributed by atoms with Gasteiger partial charge in [-0.2, -0.15) is 0 Å². The molecule has 1 aliphatic rings. The van der Waals surface area contributed by atoms with Crippen molar-refractivity contribution in [1.29, 1.82) is 0 Å². The number of rotatable bonds is 13. The van der Waals surface area contributed by atoms with Gasteiger partial charge in [-0.25, -0.2) is 4.98 Å². The maximum Gasteiger partial charge on any atom is 0.263 e. The van der Waals surface area contributed by atoms with Crippen LogP contribution in [0.1, 0.15) is 27.2 Å². The Bertz CT molecular complexity index is 1090. The first-order valence-electron chi connectivity index (χ1n) is 11.3. The standard InChI is InChI=1S/C24H30N4O7S/c1-14-25-10-19(36-14)23(33)28-18(12-34-3)22(32)27-17(11-29)21(31)26-16(20(30)24(2)13-35-24)9-15-7-5-4-6-8-15/h4-8,10,16-18,29H,9,11-13H2,1-3H3,(H,26,31)(H,27,32)(H,28,33)/t16-,17-,18-,24+/m0/s1. The number of nitrogens with zero attached hydrogens (tertiary/aromatic N) is 1. The third-order valence-corrected chi connectivity index (χ3v) is 6.54. The molecule has 0 unspecified atom stereocenters. The van der Waals surface area contributed by atoms with Crippen LogP contribution in [-0.2, 0) is 30.3 Å². The number of carbonyl (C=O) groups excluding carboxylic acids is 4. The molecule has 11 nitrogen and oxygen atoms in total. The molecule has 4 N–H and O–H groups in total. The van der Waals surface area contributed by atoms with Crippen LogP contribution in [0.25, 0.3) is 0 Å². The molecule has 0 radical (unpaired) electrons. The van der Waals surface area contributed by atoms with Crippen molar-refractivity contribution in [3.05, 3.63) is 52.0 Å². The summed E-state index contributed by atoms with van der Waals surface area (Å²) in [5.41, 5.74) is -0.153. The summed E-state index contributed by atoms with van der Waals surface area (Å²) in [5, 5.41) is 18.1. The van der Waals surface area contributed by atoms with E-state index in [2.05, 4.69) is 20.9 Å². The van der Waals surface area contributed by atoms with Crippen LogP contribution in [0.3, 0.4) is 0 Å². The zero-order chi connectivity index (χ0) is 26.3. The van der Waals surface area contributed by atoms with Crippen molar-refractivity contribution in [2.75, 3.05) is 26.9 Å². The average Bonchev–Trinajstić information content (AvgIpc) is 3.47. The highest BCUT2D eigenvalue weighted by Gasteiger charge is 2.50. The van der Waals surface area contributed by atoms with Crippen molar-refractivity contribution in [2.45, 2.75) is 44.0 Å². The Balaban J connectivity index is 1.67. The first-order chi connectivity index (χ1) is 17.2. The number of Topliss-reactive ketones (excluding diaryl/α,β-unsaturated/α-hetero) is 1. The van der Waals surface area contributed by atoms with Crippen LogP contribution < -0.4 is 16.0 Å². The van der Waals surface area contributed by atoms with Gasteiger partial charge in [0, 0.05) is 7.11 Å². The van der Waals surface area contributed by atoms with Gasteiger partial charge >= 0.3 is 0 Å². The van der Waals surface area contributed by atoms with E-state index in [1.54, 1.807) is 13.8 Å². The molecule has 1 saturated heterocycles. The van der Waals surface area contributed by atoms with Gasteiger partial charge in [0.2, 0.25) is 11.8 Å². The average molecular weight is 519 g/mol. The normalized spacial score (nSPS) is 19.0. The highest BCUT2D eigenvalue weighted by molar-refractivity contribution is 7.13. The second-order valence-electron chi connectivity index (χ2n) is 8.60. The number of ether oxygens (including phenoxy) is 2. The molecular formula is C24H30N4O7S. The molecule has 0 bridgehead atoms. The highest BCUT2D eigenvalue weighted by atomic mass is 32.1. The number of nitrogens with one attached hydrogen (secondary N) is 3. The van der Waals surface area contributed by atoms with Crippen molar-refractivity contribution >= 4 is 34.8 Å². The van der Waals surface area contributed by atoms with Crippen LogP contribution >= 0.6 is 11.3 Å². The molecule has 0 aliphatic carbocycles. The Morgan fingerprint density at radius 3 is 2.31 bits per heavy atom. The molecule has 0 spiro atoms. The number of thiazole rings is 1. The van der Waals surface area contributed by atoms with Gasteiger partial charge in [0.1, 0.15) is 22.6 Å². The minimum atomic E-state index is -1.36. The lowest BCUT2D eigenvalue weighted by Crippen LogP contribution is -2.58. The van der Waals surface area contributed by atoms with Gasteiger partial charge in [-0.15, -0.1) is 11.3 Å². The minimum absolute atomic E-state index is 0.167. The number of epoxide rings is 1. The van der Waals surface area contributed by atoms with E-state index in [-0.39, 0.29) is 25.4 Å². The number of hydrogen-bond donors (Lipinski definition) is 4. The van der Waals surface area contributed by atoms with Crippen LogP contribution in [0.15, 0.2) is 36.5 Å². The lowest BCUT2D eigenvalue weighted by atomic mass is 9.94. The largest absolute Gasteiger partial charge is 0.394 e. The van der Waals surface area contributed by atoms with Gasteiger partial charge in [-0.1, -0.05) is 30.3 Å². The fourth-order valence-electron chi connectivity index (χ4n) is 3.46. The molecule has 4 atom stereocenters. The number of ketones is 1. The second-order valence-corrected chi connectivity index (χ2v) is 9.84. The molecular weight excluding hydrogens is 488 g/mol. The van der Waals surface area contributed by atoms with Crippen LogP contribution in [0.4, 0.5) is 0 Å². The van der Waals surface area contributed by atoms with Crippen LogP contribution in [0.2, 0.25) is 0 Å². The molecule has 3 rings (SSSR count). The topological polar surface area (TPSA) is 159 Å². The number of aryl methyl sites for hydroxylation is 1. The van der Waals surface area contributed by atoms with Crippen molar-refractivity contribution < 1.29 is 33.8 Å². The molecule has 3 amide bonds. The van der Waals surface area contributed by atoms with E-state index >= 15 is 0 Å². The van der Waals surface area contributed by atoms with E-state index in [9.17, 15) is 24.3 Å². The predicted octanol–water partition coefficient (Wildman–Crippen LogP) is -0.241. The summed E-state index contributed by atoms with van der Waals surface area (Å²) in [5.74, 6) is -2.30. The summed E-state index contributed by atoms with van der Waals surface area (Å²) in [6.07, 6.45) is 1.61. The fraction of sp³-hybridized carbons (Fsp3) is 0.458. The Labute approximate surface area is 212 Å². The van der Waals surface area contributed by atoms with E-state index < -0.39 is 48.1 Å².